The number of amides is 1. The highest BCUT2D eigenvalue weighted by molar-refractivity contribution is 6.19. The van der Waals surface area contributed by atoms with Gasteiger partial charge in [0.2, 0.25) is 0 Å². The Morgan fingerprint density at radius 3 is 2.75 bits per heavy atom. The van der Waals surface area contributed by atoms with Gasteiger partial charge in [0.1, 0.15) is 11.6 Å². The van der Waals surface area contributed by atoms with Crippen molar-refractivity contribution in [1.29, 1.82) is 0 Å². The Hall–Kier alpha value is -1.33. The second-order valence-corrected chi connectivity index (χ2v) is 5.09. The molecule has 0 aromatic heterocycles. The van der Waals surface area contributed by atoms with Gasteiger partial charge >= 0.3 is 0 Å². The van der Waals surface area contributed by atoms with Crippen LogP contribution in [0.3, 0.4) is 0 Å². The molecule has 1 aliphatic rings. The Bertz CT molecular complexity index is 489. The van der Waals surface area contributed by atoms with E-state index >= 15 is 0 Å². The Morgan fingerprint density at radius 1 is 1.50 bits per heavy atom. The molecule has 1 N–H and O–H groups in total. The zero-order chi connectivity index (χ0) is 14.6. The zero-order valence-corrected chi connectivity index (χ0v) is 12.0. The van der Waals surface area contributed by atoms with Gasteiger partial charge in [0.15, 0.2) is 0 Å². The lowest BCUT2D eigenvalue weighted by molar-refractivity contribution is 0.0432. The SMILES string of the molecule is COc1ccc(C(=O)NC2(CCl)CCOCC2)c(F)c1. The number of methoxy groups -OCH3 is 1. The van der Waals surface area contributed by atoms with Crippen molar-refractivity contribution in [3.8, 4) is 5.75 Å². The van der Waals surface area contributed by atoms with E-state index in [1.807, 2.05) is 0 Å². The molecule has 0 unspecified atom stereocenters. The van der Waals surface area contributed by atoms with Crippen molar-refractivity contribution in [2.45, 2.75) is 18.4 Å². The number of carbonyl (C=O) groups is 1. The van der Waals surface area contributed by atoms with Gasteiger partial charge in [-0.2, -0.15) is 0 Å². The third kappa shape index (κ3) is 3.22. The van der Waals surface area contributed by atoms with Crippen LogP contribution in [0.4, 0.5) is 4.39 Å². The summed E-state index contributed by atoms with van der Waals surface area (Å²) < 4.78 is 24.1. The summed E-state index contributed by atoms with van der Waals surface area (Å²) in [5.74, 6) is -0.427. The van der Waals surface area contributed by atoms with Crippen molar-refractivity contribution in [3.63, 3.8) is 0 Å². The number of nitrogens with one attached hydrogen (secondary N) is 1. The molecule has 0 atom stereocenters. The summed E-state index contributed by atoms with van der Waals surface area (Å²) in [6.45, 7) is 1.08. The van der Waals surface area contributed by atoms with E-state index in [1.165, 1.54) is 19.2 Å². The molecule has 20 heavy (non-hydrogen) atoms. The highest BCUT2D eigenvalue weighted by Crippen LogP contribution is 2.24. The van der Waals surface area contributed by atoms with Gasteiger partial charge in [0.05, 0.1) is 18.2 Å². The van der Waals surface area contributed by atoms with Gasteiger partial charge in [0, 0.05) is 25.2 Å². The second kappa shape index (κ2) is 6.41. The van der Waals surface area contributed by atoms with Crippen LogP contribution in [-0.2, 0) is 4.74 Å². The van der Waals surface area contributed by atoms with Gasteiger partial charge in [-0.25, -0.2) is 4.39 Å². The van der Waals surface area contributed by atoms with Crippen LogP contribution in [0.15, 0.2) is 18.2 Å². The van der Waals surface area contributed by atoms with E-state index in [4.69, 9.17) is 21.1 Å². The van der Waals surface area contributed by atoms with Crippen molar-refractivity contribution in [2.75, 3.05) is 26.2 Å². The molecule has 1 amide bonds. The molecule has 0 aliphatic carbocycles. The molecule has 2 rings (SSSR count). The molecule has 0 radical (unpaired) electrons. The number of halogens is 2. The highest BCUT2D eigenvalue weighted by Gasteiger charge is 2.34. The smallest absolute Gasteiger partial charge is 0.254 e. The summed E-state index contributed by atoms with van der Waals surface area (Å²) in [6.07, 6.45) is 1.25. The Balaban J connectivity index is 2.14. The normalized spacial score (nSPS) is 17.6. The summed E-state index contributed by atoms with van der Waals surface area (Å²) in [5.41, 5.74) is -0.537. The van der Waals surface area contributed by atoms with Crippen molar-refractivity contribution < 1.29 is 18.7 Å². The average Bonchev–Trinajstić information content (AvgIpc) is 2.47. The zero-order valence-electron chi connectivity index (χ0n) is 11.2. The van der Waals surface area contributed by atoms with Crippen molar-refractivity contribution >= 4 is 17.5 Å². The third-order valence-corrected chi connectivity index (χ3v) is 4.02. The number of hydrogen-bond donors (Lipinski definition) is 1. The van der Waals surface area contributed by atoms with Crippen LogP contribution >= 0.6 is 11.6 Å². The first kappa shape index (κ1) is 15.1. The molecule has 0 spiro atoms. The topological polar surface area (TPSA) is 47.6 Å². The summed E-state index contributed by atoms with van der Waals surface area (Å²) in [7, 11) is 1.44. The monoisotopic (exact) mass is 301 g/mol. The summed E-state index contributed by atoms with van der Waals surface area (Å²) in [5, 5.41) is 2.84. The van der Waals surface area contributed by atoms with Crippen LogP contribution in [0.5, 0.6) is 5.75 Å². The predicted octanol–water partition coefficient (Wildman–Crippen LogP) is 2.35. The molecule has 1 aromatic rings. The van der Waals surface area contributed by atoms with Crippen LogP contribution in [0.2, 0.25) is 0 Å². The maximum Gasteiger partial charge on any atom is 0.254 e. The first-order chi connectivity index (χ1) is 9.60. The fraction of sp³-hybridized carbons (Fsp3) is 0.500. The molecule has 0 saturated carbocycles. The number of benzene rings is 1. The fourth-order valence-electron chi connectivity index (χ4n) is 2.17. The van der Waals surface area contributed by atoms with E-state index in [-0.39, 0.29) is 11.4 Å². The third-order valence-electron chi connectivity index (χ3n) is 3.51. The van der Waals surface area contributed by atoms with Crippen LogP contribution in [0, 0.1) is 5.82 Å². The van der Waals surface area contributed by atoms with E-state index in [9.17, 15) is 9.18 Å². The molecule has 1 fully saturated rings. The number of carbonyl (C=O) groups excluding carboxylic acids is 1. The molecule has 1 aromatic carbocycles. The lowest BCUT2D eigenvalue weighted by Gasteiger charge is -2.36. The standard InChI is InChI=1S/C14H17ClFNO3/c1-19-10-2-3-11(12(16)8-10)13(18)17-14(9-15)4-6-20-7-5-14/h2-3,8H,4-7,9H2,1H3,(H,17,18). The summed E-state index contributed by atoms with van der Waals surface area (Å²) in [6, 6.07) is 4.15. The van der Waals surface area contributed by atoms with E-state index in [0.717, 1.165) is 0 Å². The van der Waals surface area contributed by atoms with Crippen molar-refractivity contribution in [1.82, 2.24) is 5.32 Å². The molecular formula is C14H17ClFNO3. The summed E-state index contributed by atoms with van der Waals surface area (Å²) in [4.78, 5) is 12.2. The van der Waals surface area contributed by atoms with Gasteiger partial charge in [-0.3, -0.25) is 4.79 Å². The Labute approximate surface area is 122 Å². The van der Waals surface area contributed by atoms with Crippen LogP contribution in [-0.4, -0.2) is 37.6 Å². The van der Waals surface area contributed by atoms with Gasteiger partial charge < -0.3 is 14.8 Å². The van der Waals surface area contributed by atoms with Gasteiger partial charge in [-0.05, 0) is 25.0 Å². The number of ether oxygens (including phenoxy) is 2. The minimum Gasteiger partial charge on any atom is -0.497 e. The summed E-state index contributed by atoms with van der Waals surface area (Å²) >= 11 is 5.97. The van der Waals surface area contributed by atoms with Crippen LogP contribution in [0.25, 0.3) is 0 Å². The Morgan fingerprint density at radius 2 is 2.20 bits per heavy atom. The number of hydrogen-bond acceptors (Lipinski definition) is 3. The highest BCUT2D eigenvalue weighted by atomic mass is 35.5. The van der Waals surface area contributed by atoms with Crippen molar-refractivity contribution in [2.24, 2.45) is 0 Å². The molecule has 1 saturated heterocycles. The first-order valence-electron chi connectivity index (χ1n) is 6.40. The van der Waals surface area contributed by atoms with E-state index in [2.05, 4.69) is 5.32 Å². The second-order valence-electron chi connectivity index (χ2n) is 4.83. The Kier molecular flexibility index (Phi) is 4.83. The van der Waals surface area contributed by atoms with E-state index < -0.39 is 17.3 Å². The minimum atomic E-state index is -0.612. The van der Waals surface area contributed by atoms with E-state index in [1.54, 1.807) is 6.07 Å². The molecule has 110 valence electrons. The molecule has 1 aliphatic heterocycles. The average molecular weight is 302 g/mol. The van der Waals surface area contributed by atoms with E-state index in [0.29, 0.717) is 31.8 Å². The first-order valence-corrected chi connectivity index (χ1v) is 6.93. The number of alkyl halides is 1. The quantitative estimate of drug-likeness (QED) is 0.869. The van der Waals surface area contributed by atoms with Gasteiger partial charge in [0.25, 0.3) is 5.91 Å². The van der Waals surface area contributed by atoms with Gasteiger partial charge in [-0.15, -0.1) is 11.6 Å². The lowest BCUT2D eigenvalue weighted by Crippen LogP contribution is -2.53. The van der Waals surface area contributed by atoms with Crippen molar-refractivity contribution in [3.05, 3.63) is 29.6 Å². The maximum atomic E-state index is 13.9. The van der Waals surface area contributed by atoms with Crippen LogP contribution in [0.1, 0.15) is 23.2 Å². The minimum absolute atomic E-state index is 0.0122. The number of rotatable bonds is 4. The van der Waals surface area contributed by atoms with Gasteiger partial charge in [-0.1, -0.05) is 0 Å². The molecule has 1 heterocycles. The molecular weight excluding hydrogens is 285 g/mol. The molecule has 0 bridgehead atoms. The fourth-order valence-corrected chi connectivity index (χ4v) is 2.50. The lowest BCUT2D eigenvalue weighted by atomic mass is 9.91. The predicted molar refractivity (Wildman–Crippen MR) is 73.9 cm³/mol. The molecule has 4 nitrogen and oxygen atoms in total. The molecule has 6 heteroatoms. The maximum absolute atomic E-state index is 13.9. The largest absolute Gasteiger partial charge is 0.497 e. The van der Waals surface area contributed by atoms with Crippen LogP contribution < -0.4 is 10.1 Å².